The predicted octanol–water partition coefficient (Wildman–Crippen LogP) is 5.15. The summed E-state index contributed by atoms with van der Waals surface area (Å²) in [7, 11) is 0. The second-order valence-corrected chi connectivity index (χ2v) is 5.34. The van der Waals surface area contributed by atoms with E-state index < -0.39 is 23.3 Å². The Morgan fingerprint density at radius 3 is 2.29 bits per heavy atom. The molecule has 6 heteroatoms. The molecule has 0 amide bonds. The van der Waals surface area contributed by atoms with Gasteiger partial charge in [-0.1, -0.05) is 6.07 Å². The molecule has 2 rings (SSSR count). The van der Waals surface area contributed by atoms with Gasteiger partial charge in [-0.2, -0.15) is 13.2 Å². The first-order chi connectivity index (χ1) is 9.70. The lowest BCUT2D eigenvalue weighted by molar-refractivity contribution is -0.137. The molecule has 0 heterocycles. The number of rotatable bonds is 2. The average Bonchev–Trinajstić information content (AvgIpc) is 2.40. The highest BCUT2D eigenvalue weighted by Gasteiger charge is 2.31. The Morgan fingerprint density at radius 1 is 1.10 bits per heavy atom. The molecule has 0 radical (unpaired) electrons. The third-order valence-electron chi connectivity index (χ3n) is 2.98. The van der Waals surface area contributed by atoms with Gasteiger partial charge in [-0.15, -0.1) is 0 Å². The number of halogens is 5. The topological polar surface area (TPSA) is 17.1 Å². The van der Waals surface area contributed by atoms with E-state index in [-0.39, 0.29) is 21.2 Å². The number of carbonyl (C=O) groups is 1. The number of hydrogen-bond acceptors (Lipinski definition) is 1. The highest BCUT2D eigenvalue weighted by atomic mass is 79.9. The van der Waals surface area contributed by atoms with Crippen LogP contribution >= 0.6 is 15.9 Å². The van der Waals surface area contributed by atoms with Gasteiger partial charge in [0.25, 0.3) is 0 Å². The highest BCUT2D eigenvalue weighted by molar-refractivity contribution is 9.10. The summed E-state index contributed by atoms with van der Waals surface area (Å²) in [5.74, 6) is -1.13. The smallest absolute Gasteiger partial charge is 0.289 e. The second kappa shape index (κ2) is 5.60. The van der Waals surface area contributed by atoms with E-state index in [9.17, 15) is 22.4 Å². The van der Waals surface area contributed by atoms with Crippen molar-refractivity contribution >= 4 is 21.7 Å². The molecule has 0 unspecified atom stereocenters. The fraction of sp³-hybridized carbons (Fsp3) is 0.133. The van der Waals surface area contributed by atoms with Gasteiger partial charge in [-0.05, 0) is 58.7 Å². The molecule has 0 atom stereocenters. The van der Waals surface area contributed by atoms with Crippen molar-refractivity contribution in [1.29, 1.82) is 0 Å². The molecular weight excluding hydrogens is 352 g/mol. The minimum atomic E-state index is -4.46. The molecule has 110 valence electrons. The Balaban J connectivity index is 2.42. The maximum atomic E-state index is 13.4. The van der Waals surface area contributed by atoms with E-state index in [2.05, 4.69) is 15.9 Å². The first-order valence-corrected chi connectivity index (χ1v) is 6.67. The predicted molar refractivity (Wildman–Crippen MR) is 73.7 cm³/mol. The second-order valence-electron chi connectivity index (χ2n) is 4.49. The van der Waals surface area contributed by atoms with E-state index >= 15 is 0 Å². The van der Waals surface area contributed by atoms with E-state index in [1.807, 2.05) is 0 Å². The fourth-order valence-electron chi connectivity index (χ4n) is 1.89. The summed E-state index contributed by atoms with van der Waals surface area (Å²) in [6.07, 6.45) is -4.46. The molecular formula is C15H9BrF4O. The van der Waals surface area contributed by atoms with E-state index in [1.165, 1.54) is 19.1 Å². The highest BCUT2D eigenvalue weighted by Crippen LogP contribution is 2.31. The van der Waals surface area contributed by atoms with Gasteiger partial charge in [0.05, 0.1) is 10.0 Å². The molecule has 0 aliphatic rings. The maximum Gasteiger partial charge on any atom is 0.416 e. The lowest BCUT2D eigenvalue weighted by atomic mass is 9.97. The van der Waals surface area contributed by atoms with Gasteiger partial charge in [-0.3, -0.25) is 4.79 Å². The Hall–Kier alpha value is -1.69. The van der Waals surface area contributed by atoms with Crippen molar-refractivity contribution in [2.75, 3.05) is 0 Å². The van der Waals surface area contributed by atoms with Gasteiger partial charge in [0, 0.05) is 11.1 Å². The zero-order chi connectivity index (χ0) is 15.8. The van der Waals surface area contributed by atoms with Crippen LogP contribution in [0.15, 0.2) is 40.9 Å². The largest absolute Gasteiger partial charge is 0.416 e. The fourth-order valence-corrected chi connectivity index (χ4v) is 2.13. The SMILES string of the molecule is Cc1cc(C(F)(F)F)ccc1C(=O)c1ccc(Br)c(F)c1. The number of hydrogen-bond donors (Lipinski definition) is 0. The van der Waals surface area contributed by atoms with Crippen molar-refractivity contribution in [3.63, 3.8) is 0 Å². The molecule has 0 aliphatic carbocycles. The Labute approximate surface area is 126 Å². The van der Waals surface area contributed by atoms with E-state index in [4.69, 9.17) is 0 Å². The van der Waals surface area contributed by atoms with Crippen LogP contribution in [0, 0.1) is 12.7 Å². The zero-order valence-corrected chi connectivity index (χ0v) is 12.3. The van der Waals surface area contributed by atoms with Crippen molar-refractivity contribution in [2.24, 2.45) is 0 Å². The first kappa shape index (κ1) is 15.7. The number of ketones is 1. The number of benzene rings is 2. The Morgan fingerprint density at radius 2 is 1.76 bits per heavy atom. The van der Waals surface area contributed by atoms with Crippen LogP contribution in [0.5, 0.6) is 0 Å². The van der Waals surface area contributed by atoms with Crippen LogP contribution < -0.4 is 0 Å². The van der Waals surface area contributed by atoms with E-state index in [0.717, 1.165) is 24.3 Å². The van der Waals surface area contributed by atoms with Crippen LogP contribution in [0.25, 0.3) is 0 Å². The van der Waals surface area contributed by atoms with Crippen molar-refractivity contribution in [2.45, 2.75) is 13.1 Å². The standard InChI is InChI=1S/C15H9BrF4O/c1-8-6-10(15(18,19)20)3-4-11(8)14(21)9-2-5-12(16)13(17)7-9/h2-7H,1H3. The van der Waals surface area contributed by atoms with Gasteiger partial charge in [0.1, 0.15) is 5.82 Å². The van der Waals surface area contributed by atoms with Gasteiger partial charge >= 0.3 is 6.18 Å². The van der Waals surface area contributed by atoms with Crippen LogP contribution in [0.2, 0.25) is 0 Å². The summed E-state index contributed by atoms with van der Waals surface area (Å²) in [5.41, 5.74) is -0.431. The Bertz CT molecular complexity index is 707. The molecule has 0 N–H and O–H groups in total. The van der Waals surface area contributed by atoms with Gasteiger partial charge < -0.3 is 0 Å². The molecule has 2 aromatic carbocycles. The van der Waals surface area contributed by atoms with E-state index in [1.54, 1.807) is 0 Å². The normalized spacial score (nSPS) is 11.5. The molecule has 2 aromatic rings. The number of alkyl halides is 3. The van der Waals surface area contributed by atoms with Crippen LogP contribution in [0.1, 0.15) is 27.0 Å². The lowest BCUT2D eigenvalue weighted by Gasteiger charge is -2.10. The van der Waals surface area contributed by atoms with Crippen LogP contribution in [0.4, 0.5) is 17.6 Å². The summed E-state index contributed by atoms with van der Waals surface area (Å²) in [6.45, 7) is 1.41. The molecule has 0 aromatic heterocycles. The monoisotopic (exact) mass is 360 g/mol. The van der Waals surface area contributed by atoms with E-state index in [0.29, 0.717) is 0 Å². The molecule has 0 bridgehead atoms. The summed E-state index contributed by atoms with van der Waals surface area (Å²) >= 11 is 2.97. The van der Waals surface area contributed by atoms with Gasteiger partial charge in [0.15, 0.2) is 5.78 Å². The van der Waals surface area contributed by atoms with Gasteiger partial charge in [-0.25, -0.2) is 4.39 Å². The van der Waals surface area contributed by atoms with Crippen molar-refractivity contribution in [1.82, 2.24) is 0 Å². The average molecular weight is 361 g/mol. The molecule has 0 saturated carbocycles. The van der Waals surface area contributed by atoms with Crippen molar-refractivity contribution in [3.05, 3.63) is 68.9 Å². The minimum absolute atomic E-state index is 0.0820. The van der Waals surface area contributed by atoms with Crippen molar-refractivity contribution < 1.29 is 22.4 Å². The van der Waals surface area contributed by atoms with Crippen LogP contribution in [-0.4, -0.2) is 5.78 Å². The molecule has 0 spiro atoms. The molecule has 0 aliphatic heterocycles. The van der Waals surface area contributed by atoms with Crippen LogP contribution in [-0.2, 0) is 6.18 Å². The molecule has 21 heavy (non-hydrogen) atoms. The maximum absolute atomic E-state index is 13.4. The summed E-state index contributed by atoms with van der Waals surface area (Å²) in [5, 5.41) is 0. The van der Waals surface area contributed by atoms with Gasteiger partial charge in [0.2, 0.25) is 0 Å². The summed E-state index contributed by atoms with van der Waals surface area (Å²) < 4.78 is 51.4. The number of aryl methyl sites for hydroxylation is 1. The molecule has 0 fully saturated rings. The quantitative estimate of drug-likeness (QED) is 0.534. The third kappa shape index (κ3) is 3.32. The third-order valence-corrected chi connectivity index (χ3v) is 3.62. The summed E-state index contributed by atoms with van der Waals surface area (Å²) in [6, 6.07) is 6.69. The lowest BCUT2D eigenvalue weighted by Crippen LogP contribution is -2.09. The summed E-state index contributed by atoms with van der Waals surface area (Å²) in [4.78, 5) is 12.2. The van der Waals surface area contributed by atoms with Crippen LogP contribution in [0.3, 0.4) is 0 Å². The number of carbonyl (C=O) groups excluding carboxylic acids is 1. The first-order valence-electron chi connectivity index (χ1n) is 5.88. The zero-order valence-electron chi connectivity index (χ0n) is 10.8. The minimum Gasteiger partial charge on any atom is -0.289 e. The Kier molecular flexibility index (Phi) is 4.18. The molecule has 1 nitrogen and oxygen atoms in total. The van der Waals surface area contributed by atoms with Crippen molar-refractivity contribution in [3.8, 4) is 0 Å². The molecule has 0 saturated heterocycles.